The minimum atomic E-state index is -4.58. The number of ketones is 1. The molecular weight excluding hydrogens is 579 g/mol. The van der Waals surface area contributed by atoms with Crippen LogP contribution in [0.4, 0.5) is 26.3 Å². The van der Waals surface area contributed by atoms with Gasteiger partial charge < -0.3 is 4.90 Å². The second-order valence-corrected chi connectivity index (χ2v) is 10.3. The number of rotatable bonds is 9. The molecule has 0 saturated heterocycles. The highest BCUT2D eigenvalue weighted by Gasteiger charge is 2.36. The van der Waals surface area contributed by atoms with Gasteiger partial charge in [-0.05, 0) is 42.3 Å². The van der Waals surface area contributed by atoms with Crippen molar-refractivity contribution in [1.29, 1.82) is 0 Å². The maximum atomic E-state index is 15.1. The van der Waals surface area contributed by atoms with Crippen LogP contribution < -0.4 is 0 Å². The number of aryl methyl sites for hydroxylation is 1. The molecule has 0 aromatic heterocycles. The Balaban J connectivity index is 2.29. The Morgan fingerprint density at radius 3 is 2.05 bits per heavy atom. The summed E-state index contributed by atoms with van der Waals surface area (Å²) in [5.74, 6) is -8.59. The molecule has 0 aliphatic carbocycles. The summed E-state index contributed by atoms with van der Waals surface area (Å²) in [4.78, 5) is 25.4. The van der Waals surface area contributed by atoms with Gasteiger partial charge in [0, 0.05) is 37.4 Å². The van der Waals surface area contributed by atoms with Crippen molar-refractivity contribution in [3.8, 4) is 0 Å². The quantitative estimate of drug-likeness (QED) is 0.163. The maximum Gasteiger partial charge on any atom is 0.406 e. The van der Waals surface area contributed by atoms with Gasteiger partial charge in [-0.15, -0.1) is 0 Å². The summed E-state index contributed by atoms with van der Waals surface area (Å²) in [5.41, 5.74) is 0.253. The molecule has 0 saturated carbocycles. The molecule has 0 heterocycles. The molecule has 1 amide bonds. The molecule has 2 aromatic carbocycles. The van der Waals surface area contributed by atoms with Gasteiger partial charge in [0.25, 0.3) is 5.92 Å². The van der Waals surface area contributed by atoms with E-state index < -0.39 is 48.0 Å². The van der Waals surface area contributed by atoms with Crippen molar-refractivity contribution >= 4 is 52.3 Å². The summed E-state index contributed by atoms with van der Waals surface area (Å²) in [7, 11) is 0.991. The molecule has 0 radical (unpaired) electrons. The number of halogens is 9. The highest BCUT2D eigenvalue weighted by Crippen LogP contribution is 2.41. The predicted octanol–water partition coefficient (Wildman–Crippen LogP) is 8.93. The lowest BCUT2D eigenvalue weighted by molar-refractivity contribution is -0.160. The Morgan fingerprint density at radius 2 is 1.58 bits per heavy atom. The Hall–Kier alpha value is -2.23. The number of amides is 1. The largest absolute Gasteiger partial charge is 0.406 e. The van der Waals surface area contributed by atoms with E-state index in [1.165, 1.54) is 44.2 Å². The van der Waals surface area contributed by atoms with E-state index in [0.29, 0.717) is 17.9 Å². The standard InChI is InChI=1S/C26H24Cl3F6NO2/c1-13-7-15(5-6-17(13)22(37)8-14(2)24(38)36(4)12-26(33,34)35)21(30)11-18(25(3,31)32)16-9-19(27)23(29)20(28)10-16/h5-7,9-11,14,18H,8,12H2,1-4H3/b21-11-/t14-,18?/m0/s1. The van der Waals surface area contributed by atoms with Crippen molar-refractivity contribution in [2.75, 3.05) is 13.6 Å². The SMILES string of the molecule is Cc1cc(/C(F)=C/C(c2cc(Cl)c(Cl)c(Cl)c2)C(C)(F)F)ccc1C(=O)C[C@H](C)C(=O)N(C)CC(F)(F)F. The third kappa shape index (κ3) is 8.38. The van der Waals surface area contributed by atoms with E-state index in [-0.39, 0.29) is 43.7 Å². The maximum absolute atomic E-state index is 15.1. The van der Waals surface area contributed by atoms with E-state index in [4.69, 9.17) is 34.8 Å². The lowest BCUT2D eigenvalue weighted by Crippen LogP contribution is -2.39. The van der Waals surface area contributed by atoms with Crippen LogP contribution in [0.2, 0.25) is 15.1 Å². The van der Waals surface area contributed by atoms with Crippen molar-refractivity contribution in [3.63, 3.8) is 0 Å². The van der Waals surface area contributed by atoms with Crippen LogP contribution >= 0.6 is 34.8 Å². The number of carbonyl (C=O) groups excluding carboxylic acids is 2. The van der Waals surface area contributed by atoms with Crippen molar-refractivity contribution in [2.45, 2.75) is 45.2 Å². The molecule has 38 heavy (non-hydrogen) atoms. The van der Waals surface area contributed by atoms with E-state index in [0.717, 1.165) is 7.05 Å². The van der Waals surface area contributed by atoms with E-state index in [2.05, 4.69) is 0 Å². The minimum Gasteiger partial charge on any atom is -0.336 e. The zero-order chi connectivity index (χ0) is 29.2. The molecule has 0 aliphatic heterocycles. The molecule has 208 valence electrons. The molecule has 0 aliphatic rings. The first-order valence-corrected chi connectivity index (χ1v) is 12.3. The van der Waals surface area contributed by atoms with Crippen LogP contribution in [0.1, 0.15) is 53.2 Å². The third-order valence-electron chi connectivity index (χ3n) is 5.73. The first kappa shape index (κ1) is 32.0. The summed E-state index contributed by atoms with van der Waals surface area (Å²) in [6.45, 7) is 1.98. The molecule has 2 aromatic rings. The average Bonchev–Trinajstić information content (AvgIpc) is 2.77. The molecular formula is C26H24Cl3F6NO2. The number of Topliss-reactive ketones (excluding diaryl/α,β-unsaturated/α-hetero) is 1. The lowest BCUT2D eigenvalue weighted by Gasteiger charge is -2.22. The summed E-state index contributed by atoms with van der Waals surface area (Å²) in [6, 6.07) is 6.09. The number of nitrogens with zero attached hydrogens (tertiary/aromatic N) is 1. The van der Waals surface area contributed by atoms with Crippen molar-refractivity contribution < 1.29 is 35.9 Å². The third-order valence-corrected chi connectivity index (χ3v) is 6.93. The number of benzene rings is 2. The second kappa shape index (κ2) is 12.3. The van der Waals surface area contributed by atoms with Gasteiger partial charge in [0.1, 0.15) is 12.4 Å². The highest BCUT2D eigenvalue weighted by atomic mass is 35.5. The molecule has 3 nitrogen and oxygen atoms in total. The number of hydrogen-bond acceptors (Lipinski definition) is 2. The number of carbonyl (C=O) groups is 2. The van der Waals surface area contributed by atoms with E-state index >= 15 is 4.39 Å². The number of allylic oxidation sites excluding steroid dienone is 1. The van der Waals surface area contributed by atoms with Crippen LogP contribution in [0.3, 0.4) is 0 Å². The lowest BCUT2D eigenvalue weighted by atomic mass is 9.91. The van der Waals surface area contributed by atoms with Crippen molar-refractivity contribution in [1.82, 2.24) is 4.90 Å². The fraction of sp³-hybridized carbons (Fsp3) is 0.385. The molecule has 2 atom stereocenters. The molecule has 2 rings (SSSR count). The Kier molecular flexibility index (Phi) is 10.4. The number of alkyl halides is 5. The molecule has 0 bridgehead atoms. The monoisotopic (exact) mass is 601 g/mol. The van der Waals surface area contributed by atoms with E-state index in [1.54, 1.807) is 0 Å². The van der Waals surface area contributed by atoms with Gasteiger partial charge >= 0.3 is 6.18 Å². The topological polar surface area (TPSA) is 37.4 Å². The zero-order valence-corrected chi connectivity index (χ0v) is 23.0. The van der Waals surface area contributed by atoms with Crippen LogP contribution in [-0.2, 0) is 4.79 Å². The molecule has 1 unspecified atom stereocenters. The summed E-state index contributed by atoms with van der Waals surface area (Å²) in [6.07, 6.45) is -4.24. The fourth-order valence-electron chi connectivity index (χ4n) is 3.86. The van der Waals surface area contributed by atoms with E-state index in [1.807, 2.05) is 0 Å². The van der Waals surface area contributed by atoms with Gasteiger partial charge in [-0.25, -0.2) is 13.2 Å². The van der Waals surface area contributed by atoms with Gasteiger partial charge in [-0.3, -0.25) is 9.59 Å². The first-order valence-electron chi connectivity index (χ1n) is 11.2. The van der Waals surface area contributed by atoms with Gasteiger partial charge in [0.05, 0.1) is 21.0 Å². The molecule has 12 heteroatoms. The summed E-state index contributed by atoms with van der Waals surface area (Å²) in [5, 5.41) is -0.180. The van der Waals surface area contributed by atoms with Crippen LogP contribution in [0, 0.1) is 12.8 Å². The Labute approximate surface area is 231 Å². The summed E-state index contributed by atoms with van der Waals surface area (Å²) < 4.78 is 81.7. The minimum absolute atomic E-state index is 0.0291. The average molecular weight is 603 g/mol. The fourth-order valence-corrected chi connectivity index (χ4v) is 4.47. The summed E-state index contributed by atoms with van der Waals surface area (Å²) >= 11 is 17.8. The Bertz CT molecular complexity index is 1220. The molecule has 0 N–H and O–H groups in total. The molecule has 0 fully saturated rings. The van der Waals surface area contributed by atoms with Gasteiger partial charge in [-0.2, -0.15) is 13.2 Å². The second-order valence-electron chi connectivity index (χ2n) is 9.11. The van der Waals surface area contributed by atoms with Gasteiger partial charge in [-0.1, -0.05) is 53.9 Å². The van der Waals surface area contributed by atoms with Crippen LogP contribution in [0.25, 0.3) is 5.83 Å². The van der Waals surface area contributed by atoms with Crippen molar-refractivity contribution in [2.24, 2.45) is 5.92 Å². The van der Waals surface area contributed by atoms with Crippen LogP contribution in [0.5, 0.6) is 0 Å². The van der Waals surface area contributed by atoms with Gasteiger partial charge in [0.15, 0.2) is 5.78 Å². The van der Waals surface area contributed by atoms with Crippen LogP contribution in [0.15, 0.2) is 36.4 Å². The van der Waals surface area contributed by atoms with Crippen LogP contribution in [-0.4, -0.2) is 42.3 Å². The molecule has 0 spiro atoms. The highest BCUT2D eigenvalue weighted by molar-refractivity contribution is 6.48. The predicted molar refractivity (Wildman–Crippen MR) is 137 cm³/mol. The zero-order valence-electron chi connectivity index (χ0n) is 20.7. The first-order chi connectivity index (χ1) is 17.3. The van der Waals surface area contributed by atoms with Crippen molar-refractivity contribution in [3.05, 3.63) is 73.7 Å². The van der Waals surface area contributed by atoms with E-state index in [9.17, 15) is 31.5 Å². The van der Waals surface area contributed by atoms with Gasteiger partial charge in [0.2, 0.25) is 5.91 Å². The Morgan fingerprint density at radius 1 is 1.03 bits per heavy atom. The normalized spacial score (nSPS) is 14.3. The smallest absolute Gasteiger partial charge is 0.336 e. The number of hydrogen-bond donors (Lipinski definition) is 0.